The van der Waals surface area contributed by atoms with Crippen LogP contribution in [0.1, 0.15) is 25.7 Å². The molecule has 0 spiro atoms. The summed E-state index contributed by atoms with van der Waals surface area (Å²) in [6, 6.07) is 2.32. The second-order valence-corrected chi connectivity index (χ2v) is 6.93. The number of amides is 1. The Morgan fingerprint density at radius 1 is 1.03 bits per heavy atom. The second-order valence-electron chi connectivity index (χ2n) is 6.93. The van der Waals surface area contributed by atoms with E-state index in [4.69, 9.17) is 19.4 Å². The Bertz CT molecular complexity index is 704. The van der Waals surface area contributed by atoms with E-state index in [1.54, 1.807) is 0 Å². The number of aromatic nitrogens is 1. The Morgan fingerprint density at radius 3 is 2.32 bits per heavy atom. The number of aliphatic hydroxyl groups is 4. The molecule has 5 unspecified atom stereocenters. The molecule has 176 valence electrons. The van der Waals surface area contributed by atoms with Crippen molar-refractivity contribution in [3.05, 3.63) is 12.1 Å². The van der Waals surface area contributed by atoms with Gasteiger partial charge in [-0.15, -0.1) is 4.73 Å². The Morgan fingerprint density at radius 2 is 1.68 bits per heavy atom. The molecule has 5 atom stereocenters. The second kappa shape index (κ2) is 11.8. The number of rotatable bonds is 11. The van der Waals surface area contributed by atoms with Crippen molar-refractivity contribution in [2.75, 3.05) is 19.8 Å². The summed E-state index contributed by atoms with van der Waals surface area (Å²) in [5, 5.41) is 59.6. The van der Waals surface area contributed by atoms with Crippen LogP contribution in [0.4, 0.5) is 0 Å². The first-order chi connectivity index (χ1) is 14.7. The van der Waals surface area contributed by atoms with E-state index in [1.165, 1.54) is 0 Å². The van der Waals surface area contributed by atoms with E-state index < -0.39 is 55.0 Å². The van der Waals surface area contributed by atoms with Gasteiger partial charge in [0.15, 0.2) is 6.29 Å². The quantitative estimate of drug-likeness (QED) is 0.174. The van der Waals surface area contributed by atoms with Gasteiger partial charge in [0.25, 0.3) is 0 Å². The lowest BCUT2D eigenvalue weighted by Gasteiger charge is -2.39. The molecule has 1 fully saturated rings. The average molecular weight is 448 g/mol. The molecule has 7 N–H and O–H groups in total. The number of hydrogen-bond donors (Lipinski definition) is 7. The third-order valence-electron chi connectivity index (χ3n) is 4.58. The van der Waals surface area contributed by atoms with Crippen LogP contribution in [0.2, 0.25) is 0 Å². The van der Waals surface area contributed by atoms with Gasteiger partial charge in [0, 0.05) is 31.5 Å². The zero-order valence-corrected chi connectivity index (χ0v) is 16.7. The van der Waals surface area contributed by atoms with Crippen LogP contribution in [0.5, 0.6) is 11.8 Å². The van der Waals surface area contributed by atoms with Crippen molar-refractivity contribution in [2.24, 2.45) is 0 Å². The van der Waals surface area contributed by atoms with E-state index in [2.05, 4.69) is 5.32 Å². The molecule has 2 heterocycles. The third-order valence-corrected chi connectivity index (χ3v) is 4.58. The molecular weight excluding hydrogens is 420 g/mol. The molecule has 0 aliphatic carbocycles. The minimum Gasteiger partial charge on any atom is -0.492 e. The molecule has 1 saturated heterocycles. The van der Waals surface area contributed by atoms with Gasteiger partial charge in [0.1, 0.15) is 24.4 Å². The number of aliphatic hydroxyl groups excluding tert-OH is 4. The van der Waals surface area contributed by atoms with Gasteiger partial charge >= 0.3 is 5.97 Å². The monoisotopic (exact) mass is 448 g/mol. The third kappa shape index (κ3) is 7.05. The Hall–Kier alpha value is -2.42. The van der Waals surface area contributed by atoms with Crippen LogP contribution >= 0.6 is 0 Å². The van der Waals surface area contributed by atoms with Gasteiger partial charge in [-0.25, -0.2) is 4.79 Å². The lowest BCUT2D eigenvalue weighted by atomic mass is 9.99. The summed E-state index contributed by atoms with van der Waals surface area (Å²) in [4.78, 5) is 28.3. The van der Waals surface area contributed by atoms with Crippen LogP contribution in [-0.2, 0) is 19.1 Å². The number of nitrogens with zero attached hydrogens (tertiary/aromatic N) is 1. The number of carbonyl (C=O) groups excluding carboxylic acids is 2. The summed E-state index contributed by atoms with van der Waals surface area (Å²) in [5.41, 5.74) is 0. The smallest absolute Gasteiger partial charge is 0.333 e. The zero-order chi connectivity index (χ0) is 23.0. The van der Waals surface area contributed by atoms with E-state index in [9.17, 15) is 35.1 Å². The van der Waals surface area contributed by atoms with Gasteiger partial charge in [-0.1, -0.05) is 0 Å². The van der Waals surface area contributed by atoms with Crippen LogP contribution in [0.15, 0.2) is 12.1 Å². The van der Waals surface area contributed by atoms with E-state index in [0.29, 0.717) is 17.6 Å². The van der Waals surface area contributed by atoms with E-state index in [1.807, 2.05) is 0 Å². The molecule has 1 aromatic heterocycles. The van der Waals surface area contributed by atoms with Crippen molar-refractivity contribution in [1.29, 1.82) is 0 Å². The zero-order valence-electron chi connectivity index (χ0n) is 16.7. The number of nitrogens with one attached hydrogen (secondary N) is 1. The molecule has 13 heteroatoms. The molecule has 13 nitrogen and oxygen atoms in total. The predicted molar refractivity (Wildman–Crippen MR) is 101 cm³/mol. The summed E-state index contributed by atoms with van der Waals surface area (Å²) >= 11 is 0. The van der Waals surface area contributed by atoms with Crippen molar-refractivity contribution >= 4 is 11.9 Å². The summed E-state index contributed by atoms with van der Waals surface area (Å²) in [5.74, 6) is -1.83. The molecule has 1 aliphatic heterocycles. The number of aromatic hydroxyl groups is 2. The Kier molecular flexibility index (Phi) is 9.48. The molecule has 1 aliphatic rings. The molecule has 1 amide bonds. The lowest BCUT2D eigenvalue weighted by molar-refractivity contribution is -0.300. The molecular formula is C18H28N2O11. The molecule has 0 saturated carbocycles. The number of carbonyl (C=O) groups is 2. The van der Waals surface area contributed by atoms with Gasteiger partial charge in [0.2, 0.25) is 17.7 Å². The minimum atomic E-state index is -1.54. The molecule has 1 aromatic rings. The van der Waals surface area contributed by atoms with Crippen molar-refractivity contribution < 1.29 is 54.5 Å². The van der Waals surface area contributed by atoms with Gasteiger partial charge in [-0.2, -0.15) is 0 Å². The van der Waals surface area contributed by atoms with Gasteiger partial charge in [0.05, 0.1) is 13.2 Å². The van der Waals surface area contributed by atoms with Crippen molar-refractivity contribution in [2.45, 2.75) is 56.4 Å². The van der Waals surface area contributed by atoms with Gasteiger partial charge in [-0.3, -0.25) is 4.79 Å². The van der Waals surface area contributed by atoms with Gasteiger partial charge < -0.3 is 50.3 Å². The summed E-state index contributed by atoms with van der Waals surface area (Å²) in [6.07, 6.45) is -6.03. The topological polar surface area (TPSA) is 200 Å². The fourth-order valence-electron chi connectivity index (χ4n) is 2.86. The number of ether oxygens (including phenoxy) is 2. The first kappa shape index (κ1) is 24.8. The standard InChI is InChI=1S/C18H28N2O11/c21-9-10-15(26)16(27)17(28)18(30-10)29-8-7-19-11(22)3-1-2-4-14(25)31-20-12(23)5-6-13(20)24/h5-6,10,15-18,21,23-24,26-28H,1-4,7-9H2,(H,19,22). The van der Waals surface area contributed by atoms with Gasteiger partial charge in [-0.05, 0) is 12.8 Å². The van der Waals surface area contributed by atoms with Crippen molar-refractivity contribution in [1.82, 2.24) is 10.0 Å². The first-order valence-corrected chi connectivity index (χ1v) is 9.74. The normalized spacial score (nSPS) is 25.9. The molecule has 2 rings (SSSR count). The lowest BCUT2D eigenvalue weighted by Crippen LogP contribution is -2.59. The number of unbranched alkanes of at least 4 members (excludes halogenated alkanes) is 1. The minimum absolute atomic E-state index is 0.0233. The molecule has 31 heavy (non-hydrogen) atoms. The maximum Gasteiger partial charge on any atom is 0.333 e. The number of hydrogen-bond acceptors (Lipinski definition) is 11. The first-order valence-electron chi connectivity index (χ1n) is 9.74. The summed E-state index contributed by atoms with van der Waals surface area (Å²) < 4.78 is 11.0. The van der Waals surface area contributed by atoms with Crippen LogP contribution in [0.25, 0.3) is 0 Å². The average Bonchev–Trinajstić information content (AvgIpc) is 3.06. The highest BCUT2D eigenvalue weighted by Crippen LogP contribution is 2.22. The van der Waals surface area contributed by atoms with Crippen molar-refractivity contribution in [3.8, 4) is 11.8 Å². The van der Waals surface area contributed by atoms with E-state index in [-0.39, 0.29) is 31.9 Å². The van der Waals surface area contributed by atoms with E-state index in [0.717, 1.165) is 12.1 Å². The fraction of sp³-hybridized carbons (Fsp3) is 0.667. The highest BCUT2D eigenvalue weighted by Gasteiger charge is 2.43. The van der Waals surface area contributed by atoms with E-state index >= 15 is 0 Å². The predicted octanol–water partition coefficient (Wildman–Crippen LogP) is -2.65. The molecule has 0 aromatic carbocycles. The molecule has 0 bridgehead atoms. The summed E-state index contributed by atoms with van der Waals surface area (Å²) in [6.45, 7) is -0.532. The largest absolute Gasteiger partial charge is 0.492 e. The highest BCUT2D eigenvalue weighted by atomic mass is 16.7. The maximum atomic E-state index is 11.8. The Balaban J connectivity index is 1.56. The van der Waals surface area contributed by atoms with Crippen LogP contribution in [0, 0.1) is 0 Å². The van der Waals surface area contributed by atoms with Crippen molar-refractivity contribution in [3.63, 3.8) is 0 Å². The van der Waals surface area contributed by atoms with Crippen LogP contribution < -0.4 is 10.2 Å². The van der Waals surface area contributed by atoms with Crippen LogP contribution in [0.3, 0.4) is 0 Å². The fourth-order valence-corrected chi connectivity index (χ4v) is 2.86. The Labute approximate surface area is 177 Å². The maximum absolute atomic E-state index is 11.8. The SMILES string of the molecule is O=C(CCCCC(=O)On1c(O)ccc1O)NCCOC1OC(CO)C(O)C(O)C1O. The highest BCUT2D eigenvalue weighted by molar-refractivity contribution is 5.76. The summed E-state index contributed by atoms with van der Waals surface area (Å²) in [7, 11) is 0. The van der Waals surface area contributed by atoms with Crippen LogP contribution in [-0.4, -0.2) is 97.7 Å². The molecule has 0 radical (unpaired) electrons.